The van der Waals surface area contributed by atoms with Gasteiger partial charge in [-0.2, -0.15) is 0 Å². The fraction of sp³-hybridized carbons (Fsp3) is 0.400. The summed E-state index contributed by atoms with van der Waals surface area (Å²) in [4.78, 5) is 0.769. The van der Waals surface area contributed by atoms with Gasteiger partial charge in [-0.05, 0) is 24.6 Å². The molecule has 1 aromatic rings. The van der Waals surface area contributed by atoms with Crippen LogP contribution in [0.4, 0.5) is 8.78 Å². The molecule has 0 aliphatic rings. The van der Waals surface area contributed by atoms with E-state index in [2.05, 4.69) is 6.92 Å². The van der Waals surface area contributed by atoms with Crippen LogP contribution in [-0.4, -0.2) is 5.75 Å². The molecule has 0 saturated carbocycles. The lowest BCUT2D eigenvalue weighted by atomic mass is 10.3. The minimum Gasteiger partial charge on any atom is -0.204 e. The van der Waals surface area contributed by atoms with Crippen molar-refractivity contribution in [3.05, 3.63) is 29.8 Å². The Morgan fingerprint density at radius 2 is 2.00 bits per heavy atom. The molecule has 0 radical (unpaired) electrons. The van der Waals surface area contributed by atoms with Gasteiger partial charge >= 0.3 is 0 Å². The van der Waals surface area contributed by atoms with Crippen LogP contribution in [-0.2, 0) is 0 Å². The Kier molecular flexibility index (Phi) is 5.33. The van der Waals surface area contributed by atoms with E-state index >= 15 is 0 Å². The molecule has 4 heteroatoms. The summed E-state index contributed by atoms with van der Waals surface area (Å²) < 4.78 is 25.3. The summed E-state index contributed by atoms with van der Waals surface area (Å²) in [6.07, 6.45) is 2.31. The summed E-state index contributed by atoms with van der Waals surface area (Å²) in [6, 6.07) is 4.00. The van der Waals surface area contributed by atoms with Crippen molar-refractivity contribution in [2.75, 3.05) is 5.75 Å². The van der Waals surface area contributed by atoms with Crippen LogP contribution in [0.2, 0.25) is 0 Å². The Morgan fingerprint density at radius 1 is 1.21 bits per heavy atom. The highest BCUT2D eigenvalue weighted by molar-refractivity contribution is 8.76. The van der Waals surface area contributed by atoms with E-state index in [1.165, 1.54) is 16.9 Å². The molecule has 0 heterocycles. The van der Waals surface area contributed by atoms with Gasteiger partial charge in [0.1, 0.15) is 0 Å². The van der Waals surface area contributed by atoms with Crippen LogP contribution in [0.3, 0.4) is 0 Å². The van der Waals surface area contributed by atoms with Crippen LogP contribution in [0.5, 0.6) is 0 Å². The smallest absolute Gasteiger partial charge is 0.159 e. The molecule has 1 aromatic carbocycles. The monoisotopic (exact) mass is 234 g/mol. The maximum atomic E-state index is 12.8. The van der Waals surface area contributed by atoms with E-state index in [1.807, 2.05) is 0 Å². The molecule has 0 unspecified atom stereocenters. The van der Waals surface area contributed by atoms with Crippen molar-refractivity contribution in [3.8, 4) is 0 Å². The molecule has 0 aliphatic carbocycles. The van der Waals surface area contributed by atoms with Gasteiger partial charge < -0.3 is 0 Å². The maximum Gasteiger partial charge on any atom is 0.159 e. The molecule has 0 fully saturated rings. The normalized spacial score (nSPS) is 10.5. The second kappa shape index (κ2) is 6.30. The summed E-state index contributed by atoms with van der Waals surface area (Å²) in [6.45, 7) is 2.13. The van der Waals surface area contributed by atoms with Crippen LogP contribution in [0.1, 0.15) is 19.8 Å². The molecular weight excluding hydrogens is 222 g/mol. The number of unbranched alkanes of at least 4 members (excludes halogenated alkanes) is 1. The molecule has 0 amide bonds. The third-order valence-electron chi connectivity index (χ3n) is 1.63. The van der Waals surface area contributed by atoms with Gasteiger partial charge in [0.15, 0.2) is 11.6 Å². The first-order valence-corrected chi connectivity index (χ1v) is 6.80. The van der Waals surface area contributed by atoms with Crippen LogP contribution in [0.25, 0.3) is 0 Å². The third-order valence-corrected chi connectivity index (χ3v) is 4.08. The van der Waals surface area contributed by atoms with Crippen LogP contribution >= 0.6 is 21.6 Å². The predicted molar refractivity (Wildman–Crippen MR) is 59.6 cm³/mol. The Bertz CT molecular complexity index is 289. The molecule has 0 atom stereocenters. The highest BCUT2D eigenvalue weighted by Crippen LogP contribution is 2.32. The van der Waals surface area contributed by atoms with Gasteiger partial charge in [-0.3, -0.25) is 0 Å². The molecule has 0 aliphatic heterocycles. The van der Waals surface area contributed by atoms with Gasteiger partial charge in [0.25, 0.3) is 0 Å². The zero-order valence-electron chi connectivity index (χ0n) is 7.93. The average molecular weight is 234 g/mol. The van der Waals surface area contributed by atoms with Gasteiger partial charge in [-0.1, -0.05) is 34.9 Å². The molecule has 0 saturated heterocycles. The molecular formula is C10H12F2S2. The second-order valence-corrected chi connectivity index (χ2v) is 5.32. The van der Waals surface area contributed by atoms with Crippen molar-refractivity contribution in [1.82, 2.24) is 0 Å². The molecule has 1 rings (SSSR count). The van der Waals surface area contributed by atoms with E-state index in [9.17, 15) is 8.78 Å². The van der Waals surface area contributed by atoms with E-state index in [0.717, 1.165) is 29.6 Å². The molecule has 0 N–H and O–H groups in total. The standard InChI is InChI=1S/C10H12F2S2/c1-2-3-6-13-14-8-4-5-9(11)10(12)7-8/h4-5,7H,2-3,6H2,1H3. The lowest BCUT2D eigenvalue weighted by Crippen LogP contribution is -1.82. The first-order valence-electron chi connectivity index (χ1n) is 4.48. The van der Waals surface area contributed by atoms with Crippen LogP contribution in [0, 0.1) is 11.6 Å². The second-order valence-electron chi connectivity index (χ2n) is 2.83. The third kappa shape index (κ3) is 3.88. The lowest BCUT2D eigenvalue weighted by molar-refractivity contribution is 0.506. The quantitative estimate of drug-likeness (QED) is 0.543. The number of hydrogen-bond acceptors (Lipinski definition) is 2. The summed E-state index contributed by atoms with van der Waals surface area (Å²) in [5.74, 6) is -0.515. The van der Waals surface area contributed by atoms with Gasteiger partial charge in [0.05, 0.1) is 0 Å². The summed E-state index contributed by atoms with van der Waals surface area (Å²) in [5.41, 5.74) is 0. The number of hydrogen-bond donors (Lipinski definition) is 0. The molecule has 0 nitrogen and oxygen atoms in total. The van der Waals surface area contributed by atoms with Crippen molar-refractivity contribution < 1.29 is 8.78 Å². The summed E-state index contributed by atoms with van der Waals surface area (Å²) in [5, 5.41) is 0. The van der Waals surface area contributed by atoms with Gasteiger partial charge in [-0.15, -0.1) is 0 Å². The summed E-state index contributed by atoms with van der Waals surface area (Å²) >= 11 is 0. The molecule has 0 aromatic heterocycles. The number of benzene rings is 1. The zero-order chi connectivity index (χ0) is 10.4. The number of halogens is 2. The average Bonchev–Trinajstić information content (AvgIpc) is 2.18. The minimum atomic E-state index is -0.784. The van der Waals surface area contributed by atoms with Crippen LogP contribution < -0.4 is 0 Å². The highest BCUT2D eigenvalue weighted by Gasteiger charge is 2.02. The van der Waals surface area contributed by atoms with Gasteiger partial charge in [0, 0.05) is 10.6 Å². The largest absolute Gasteiger partial charge is 0.204 e. The predicted octanol–water partition coefficient (Wildman–Crippen LogP) is 4.51. The minimum absolute atomic E-state index is 0.769. The summed E-state index contributed by atoms with van der Waals surface area (Å²) in [7, 11) is 3.17. The van der Waals surface area contributed by atoms with Crippen molar-refractivity contribution in [2.24, 2.45) is 0 Å². The first-order chi connectivity index (χ1) is 6.74. The topological polar surface area (TPSA) is 0 Å². The van der Waals surface area contributed by atoms with Gasteiger partial charge in [-0.25, -0.2) is 8.78 Å². The lowest BCUT2D eigenvalue weighted by Gasteiger charge is -2.00. The Morgan fingerprint density at radius 3 is 2.64 bits per heavy atom. The fourth-order valence-corrected chi connectivity index (χ4v) is 3.07. The SMILES string of the molecule is CCCCSSc1ccc(F)c(F)c1. The highest BCUT2D eigenvalue weighted by atomic mass is 33.1. The van der Waals surface area contributed by atoms with E-state index in [1.54, 1.807) is 16.9 Å². The van der Waals surface area contributed by atoms with Crippen molar-refractivity contribution in [2.45, 2.75) is 24.7 Å². The van der Waals surface area contributed by atoms with E-state index in [-0.39, 0.29) is 0 Å². The molecule has 14 heavy (non-hydrogen) atoms. The van der Waals surface area contributed by atoms with E-state index in [0.29, 0.717) is 0 Å². The van der Waals surface area contributed by atoms with Crippen LogP contribution in [0.15, 0.2) is 23.1 Å². The van der Waals surface area contributed by atoms with E-state index < -0.39 is 11.6 Å². The zero-order valence-corrected chi connectivity index (χ0v) is 9.56. The maximum absolute atomic E-state index is 12.8. The fourth-order valence-electron chi connectivity index (χ4n) is 0.842. The number of rotatable bonds is 5. The molecule has 78 valence electrons. The molecule has 0 spiro atoms. The van der Waals surface area contributed by atoms with Crippen molar-refractivity contribution in [1.29, 1.82) is 0 Å². The van der Waals surface area contributed by atoms with Crippen molar-refractivity contribution in [3.63, 3.8) is 0 Å². The Labute approximate surface area is 90.9 Å². The van der Waals surface area contributed by atoms with E-state index in [4.69, 9.17) is 0 Å². The molecule has 0 bridgehead atoms. The Hall–Kier alpha value is -0.220. The Balaban J connectivity index is 2.39. The first kappa shape index (κ1) is 11.9. The van der Waals surface area contributed by atoms with Gasteiger partial charge in [0.2, 0.25) is 0 Å². The van der Waals surface area contributed by atoms with Crippen molar-refractivity contribution >= 4 is 21.6 Å².